The summed E-state index contributed by atoms with van der Waals surface area (Å²) in [6.45, 7) is 11.8. The normalized spacial score (nSPS) is 11.2. The molecule has 0 saturated heterocycles. The number of hydrogen-bond acceptors (Lipinski definition) is 1. The maximum Gasteiger partial charge on any atom is 0.0710 e. The van der Waals surface area contributed by atoms with Gasteiger partial charge in [0.15, 0.2) is 0 Å². The molecule has 0 amide bonds. The second-order valence-electron chi connectivity index (χ2n) is 5.09. The van der Waals surface area contributed by atoms with E-state index in [0.29, 0.717) is 0 Å². The number of anilines is 1. The second-order valence-corrected chi connectivity index (χ2v) is 9.98. The lowest BCUT2D eigenvalue weighted by Crippen LogP contribution is -2.22. The van der Waals surface area contributed by atoms with Crippen LogP contribution in [0.2, 0.25) is 19.1 Å². The second kappa shape index (κ2) is 5.90. The summed E-state index contributed by atoms with van der Waals surface area (Å²) in [4.78, 5) is 0. The van der Waals surface area contributed by atoms with Crippen LogP contribution in [0.15, 0.2) is 36.5 Å². The van der Waals surface area contributed by atoms with Gasteiger partial charge in [-0.25, -0.2) is 0 Å². The van der Waals surface area contributed by atoms with E-state index in [1.54, 1.807) is 0 Å². The van der Waals surface area contributed by atoms with Crippen molar-refractivity contribution in [2.45, 2.75) is 32.5 Å². The molecule has 0 aliphatic carbocycles. The number of aryl methyl sites for hydroxylation is 1. The van der Waals surface area contributed by atoms with Gasteiger partial charge < -0.3 is 5.32 Å². The molecule has 0 unspecified atom stereocenters. The first-order chi connectivity index (χ1) is 7.53. The van der Waals surface area contributed by atoms with Gasteiger partial charge in [0.25, 0.3) is 0 Å². The van der Waals surface area contributed by atoms with Crippen molar-refractivity contribution in [2.24, 2.45) is 0 Å². The van der Waals surface area contributed by atoms with Gasteiger partial charge in [0.2, 0.25) is 0 Å². The Bertz CT molecular complexity index is 344. The maximum atomic E-state index is 3.92. The zero-order valence-electron chi connectivity index (χ0n) is 10.7. The zero-order valence-corrected chi connectivity index (χ0v) is 11.7. The molecule has 0 aliphatic rings. The molecule has 1 rings (SSSR count). The zero-order chi connectivity index (χ0) is 12.0. The van der Waals surface area contributed by atoms with Crippen LogP contribution in [0.5, 0.6) is 0 Å². The third kappa shape index (κ3) is 4.66. The molecule has 0 heterocycles. The Balaban J connectivity index is 2.29. The summed E-state index contributed by atoms with van der Waals surface area (Å²) in [6.07, 6.45) is 1.24. The Morgan fingerprint density at radius 3 is 2.75 bits per heavy atom. The molecule has 88 valence electrons. The Labute approximate surface area is 101 Å². The van der Waals surface area contributed by atoms with Crippen molar-refractivity contribution in [3.8, 4) is 0 Å². The lowest BCUT2D eigenvalue weighted by molar-refractivity contribution is 0.958. The highest BCUT2D eigenvalue weighted by Gasteiger charge is 2.14. The molecule has 1 aromatic carbocycles. The van der Waals surface area contributed by atoms with Crippen LogP contribution in [-0.2, 0) is 0 Å². The van der Waals surface area contributed by atoms with Crippen molar-refractivity contribution in [3.63, 3.8) is 0 Å². The van der Waals surface area contributed by atoms with Gasteiger partial charge >= 0.3 is 0 Å². The topological polar surface area (TPSA) is 12.0 Å². The van der Waals surface area contributed by atoms with Crippen molar-refractivity contribution < 1.29 is 0 Å². The molecule has 1 aromatic rings. The molecule has 0 radical (unpaired) electrons. The molecule has 0 aromatic heterocycles. The maximum absolute atomic E-state index is 3.92. The van der Waals surface area contributed by atoms with Crippen LogP contribution in [-0.4, -0.2) is 14.6 Å². The fourth-order valence-electron chi connectivity index (χ4n) is 1.63. The van der Waals surface area contributed by atoms with E-state index in [1.165, 1.54) is 23.7 Å². The van der Waals surface area contributed by atoms with Crippen LogP contribution < -0.4 is 5.32 Å². The Kier molecular flexibility index (Phi) is 4.81. The van der Waals surface area contributed by atoms with Crippen molar-refractivity contribution in [3.05, 3.63) is 42.1 Å². The Morgan fingerprint density at radius 1 is 1.38 bits per heavy atom. The minimum atomic E-state index is -1.10. The molecular weight excluding hydrogens is 210 g/mol. The van der Waals surface area contributed by atoms with Gasteiger partial charge in [0.05, 0.1) is 8.07 Å². The molecule has 16 heavy (non-hydrogen) atoms. The fraction of sp³-hybridized carbons (Fsp3) is 0.429. The fourth-order valence-corrected chi connectivity index (χ4v) is 2.93. The predicted molar refractivity (Wildman–Crippen MR) is 76.8 cm³/mol. The third-order valence-corrected chi connectivity index (χ3v) is 5.65. The van der Waals surface area contributed by atoms with Crippen LogP contribution in [0.4, 0.5) is 5.69 Å². The molecule has 0 fully saturated rings. The first-order valence-corrected chi connectivity index (χ1v) is 9.26. The van der Waals surface area contributed by atoms with Crippen LogP contribution in [0.1, 0.15) is 12.0 Å². The molecule has 1 nitrogen and oxygen atoms in total. The van der Waals surface area contributed by atoms with Crippen molar-refractivity contribution in [1.82, 2.24) is 0 Å². The van der Waals surface area contributed by atoms with Gasteiger partial charge in [-0.2, -0.15) is 0 Å². The van der Waals surface area contributed by atoms with Gasteiger partial charge in [-0.1, -0.05) is 31.3 Å². The summed E-state index contributed by atoms with van der Waals surface area (Å²) in [5, 5.41) is 3.47. The first-order valence-electron chi connectivity index (χ1n) is 5.98. The lowest BCUT2D eigenvalue weighted by Gasteiger charge is -2.17. The summed E-state index contributed by atoms with van der Waals surface area (Å²) >= 11 is 0. The first kappa shape index (κ1) is 13.0. The SMILES string of the molecule is C=C[Si](C)(C)CCCNc1cccc(C)c1. The van der Waals surface area contributed by atoms with Crippen molar-refractivity contribution in [2.75, 3.05) is 11.9 Å². The molecule has 0 atom stereocenters. The van der Waals surface area contributed by atoms with E-state index >= 15 is 0 Å². The molecule has 0 aliphatic heterocycles. The highest BCUT2D eigenvalue weighted by molar-refractivity contribution is 6.82. The summed E-state index contributed by atoms with van der Waals surface area (Å²) < 4.78 is 0. The van der Waals surface area contributed by atoms with Crippen LogP contribution >= 0.6 is 0 Å². The van der Waals surface area contributed by atoms with Gasteiger partial charge in [0, 0.05) is 12.2 Å². The van der Waals surface area contributed by atoms with E-state index < -0.39 is 8.07 Å². The Morgan fingerprint density at radius 2 is 2.12 bits per heavy atom. The molecular formula is C14H23NSi. The molecule has 0 saturated carbocycles. The standard InChI is InChI=1S/C14H23NSi/c1-5-16(3,4)11-7-10-15-14-9-6-8-13(2)12-14/h5-6,8-9,12,15H,1,7,10-11H2,2-4H3. The highest BCUT2D eigenvalue weighted by atomic mass is 28.3. The molecule has 0 spiro atoms. The van der Waals surface area contributed by atoms with E-state index in [1.807, 2.05) is 0 Å². The van der Waals surface area contributed by atoms with Gasteiger partial charge in [-0.3, -0.25) is 0 Å². The van der Waals surface area contributed by atoms with Crippen molar-refractivity contribution >= 4 is 13.8 Å². The van der Waals surface area contributed by atoms with E-state index in [9.17, 15) is 0 Å². The summed E-state index contributed by atoms with van der Waals surface area (Å²) in [6, 6.07) is 9.85. The average Bonchev–Trinajstić information content (AvgIpc) is 2.25. The lowest BCUT2D eigenvalue weighted by atomic mass is 10.2. The number of benzene rings is 1. The van der Waals surface area contributed by atoms with Crippen molar-refractivity contribution in [1.29, 1.82) is 0 Å². The highest BCUT2D eigenvalue weighted by Crippen LogP contribution is 2.14. The summed E-state index contributed by atoms with van der Waals surface area (Å²) in [5.74, 6) is 0. The largest absolute Gasteiger partial charge is 0.385 e. The molecule has 0 bridgehead atoms. The van der Waals surface area contributed by atoms with Crippen LogP contribution in [0, 0.1) is 6.92 Å². The average molecular weight is 233 g/mol. The predicted octanol–water partition coefficient (Wildman–Crippen LogP) is 4.23. The minimum Gasteiger partial charge on any atom is -0.385 e. The monoisotopic (exact) mass is 233 g/mol. The summed E-state index contributed by atoms with van der Waals surface area (Å²) in [7, 11) is -1.10. The molecule has 1 N–H and O–H groups in total. The number of nitrogens with one attached hydrogen (secondary N) is 1. The van der Waals surface area contributed by atoms with Gasteiger partial charge in [0.1, 0.15) is 0 Å². The van der Waals surface area contributed by atoms with Gasteiger partial charge in [-0.15, -0.1) is 12.3 Å². The Hall–Kier alpha value is -1.02. The quantitative estimate of drug-likeness (QED) is 0.573. The number of hydrogen-bond donors (Lipinski definition) is 1. The van der Waals surface area contributed by atoms with E-state index in [0.717, 1.165) is 6.54 Å². The van der Waals surface area contributed by atoms with Crippen LogP contribution in [0.3, 0.4) is 0 Å². The van der Waals surface area contributed by atoms with E-state index in [-0.39, 0.29) is 0 Å². The minimum absolute atomic E-state index is 1.06. The summed E-state index contributed by atoms with van der Waals surface area (Å²) in [5.41, 5.74) is 4.73. The third-order valence-electron chi connectivity index (χ3n) is 2.90. The van der Waals surface area contributed by atoms with Crippen LogP contribution in [0.25, 0.3) is 0 Å². The van der Waals surface area contributed by atoms with E-state index in [4.69, 9.17) is 0 Å². The smallest absolute Gasteiger partial charge is 0.0710 e. The van der Waals surface area contributed by atoms with Gasteiger partial charge in [-0.05, 0) is 31.0 Å². The molecule has 2 heteroatoms. The number of rotatable bonds is 6. The van der Waals surface area contributed by atoms with E-state index in [2.05, 4.69) is 61.9 Å².